The fourth-order valence-electron chi connectivity index (χ4n) is 2.78. The minimum absolute atomic E-state index is 0.457. The Morgan fingerprint density at radius 1 is 1.25 bits per heavy atom. The first-order chi connectivity index (χ1) is 11.7. The van der Waals surface area contributed by atoms with Crippen molar-refractivity contribution < 1.29 is 5.11 Å². The third-order valence-electron chi connectivity index (χ3n) is 4.35. The third kappa shape index (κ3) is 3.09. The van der Waals surface area contributed by atoms with Crippen molar-refractivity contribution in [1.29, 1.82) is 0 Å². The van der Waals surface area contributed by atoms with Gasteiger partial charge < -0.3 is 5.11 Å². The summed E-state index contributed by atoms with van der Waals surface area (Å²) < 4.78 is 1.81. The standard InChI is InChI=1S/C19H20N4O/c1-13-4-5-14(19(24)22-16-6-7-16)9-18(13)15-10-21-23(12-15)17-3-2-8-20-11-17/h2-5,8-12,16,19,22,24H,6-7H2,1H3. The van der Waals surface area contributed by atoms with E-state index in [9.17, 15) is 5.11 Å². The molecular formula is C19H20N4O. The Kier molecular flexibility index (Phi) is 3.88. The summed E-state index contributed by atoms with van der Waals surface area (Å²) in [4.78, 5) is 4.13. The molecule has 0 saturated heterocycles. The van der Waals surface area contributed by atoms with Crippen LogP contribution in [0.15, 0.2) is 55.1 Å². The number of nitrogens with zero attached hydrogens (tertiary/aromatic N) is 3. The second kappa shape index (κ2) is 6.19. The summed E-state index contributed by atoms with van der Waals surface area (Å²) in [5.74, 6) is 0. The Bertz CT molecular complexity index is 840. The lowest BCUT2D eigenvalue weighted by Crippen LogP contribution is -2.22. The largest absolute Gasteiger partial charge is 0.374 e. The van der Waals surface area contributed by atoms with Crippen LogP contribution in [-0.2, 0) is 0 Å². The highest BCUT2D eigenvalue weighted by Crippen LogP contribution is 2.28. The average molecular weight is 320 g/mol. The summed E-state index contributed by atoms with van der Waals surface area (Å²) in [6, 6.07) is 10.4. The number of hydrogen-bond donors (Lipinski definition) is 2. The van der Waals surface area contributed by atoms with Gasteiger partial charge in [0.2, 0.25) is 0 Å². The van der Waals surface area contributed by atoms with Gasteiger partial charge in [-0.2, -0.15) is 5.10 Å². The maximum absolute atomic E-state index is 10.3. The van der Waals surface area contributed by atoms with E-state index in [0.29, 0.717) is 6.04 Å². The lowest BCUT2D eigenvalue weighted by molar-refractivity contribution is 0.137. The summed E-state index contributed by atoms with van der Waals surface area (Å²) in [5.41, 5.74) is 5.07. The normalized spacial score (nSPS) is 15.4. The van der Waals surface area contributed by atoms with Gasteiger partial charge in [0.1, 0.15) is 6.23 Å². The molecule has 1 unspecified atom stereocenters. The summed E-state index contributed by atoms with van der Waals surface area (Å²) >= 11 is 0. The van der Waals surface area contributed by atoms with Gasteiger partial charge in [0.15, 0.2) is 0 Å². The zero-order valence-corrected chi connectivity index (χ0v) is 13.6. The van der Waals surface area contributed by atoms with Gasteiger partial charge >= 0.3 is 0 Å². The van der Waals surface area contributed by atoms with Crippen molar-refractivity contribution in [2.24, 2.45) is 0 Å². The lowest BCUT2D eigenvalue weighted by Gasteiger charge is -2.14. The van der Waals surface area contributed by atoms with E-state index in [1.54, 1.807) is 12.4 Å². The van der Waals surface area contributed by atoms with Crippen LogP contribution in [-0.4, -0.2) is 25.9 Å². The molecular weight excluding hydrogens is 300 g/mol. The zero-order chi connectivity index (χ0) is 16.5. The molecule has 2 heterocycles. The smallest absolute Gasteiger partial charge is 0.131 e. The third-order valence-corrected chi connectivity index (χ3v) is 4.35. The molecule has 1 aliphatic carbocycles. The van der Waals surface area contributed by atoms with Crippen molar-refractivity contribution >= 4 is 0 Å². The Hall–Kier alpha value is -2.50. The first kappa shape index (κ1) is 15.1. The van der Waals surface area contributed by atoms with Crippen molar-refractivity contribution in [3.05, 3.63) is 66.2 Å². The predicted molar refractivity (Wildman–Crippen MR) is 92.6 cm³/mol. The van der Waals surface area contributed by atoms with Crippen LogP contribution in [0, 0.1) is 6.92 Å². The van der Waals surface area contributed by atoms with E-state index in [4.69, 9.17) is 0 Å². The van der Waals surface area contributed by atoms with Crippen LogP contribution in [0.25, 0.3) is 16.8 Å². The van der Waals surface area contributed by atoms with E-state index >= 15 is 0 Å². The molecule has 2 N–H and O–H groups in total. The Morgan fingerprint density at radius 3 is 2.88 bits per heavy atom. The van der Waals surface area contributed by atoms with Crippen LogP contribution < -0.4 is 5.32 Å². The quantitative estimate of drug-likeness (QED) is 0.710. The van der Waals surface area contributed by atoms with Gasteiger partial charge in [-0.05, 0) is 54.7 Å². The molecule has 1 aromatic carbocycles. The van der Waals surface area contributed by atoms with Crippen molar-refractivity contribution in [2.45, 2.75) is 32.0 Å². The molecule has 24 heavy (non-hydrogen) atoms. The fraction of sp³-hybridized carbons (Fsp3) is 0.263. The van der Waals surface area contributed by atoms with Crippen LogP contribution in [0.4, 0.5) is 0 Å². The van der Waals surface area contributed by atoms with Crippen molar-refractivity contribution in [3.63, 3.8) is 0 Å². The minimum atomic E-state index is -0.620. The average Bonchev–Trinajstić information content (AvgIpc) is 3.28. The predicted octanol–water partition coefficient (Wildman–Crippen LogP) is 2.99. The highest BCUT2D eigenvalue weighted by molar-refractivity contribution is 5.67. The molecule has 0 radical (unpaired) electrons. The molecule has 2 aromatic heterocycles. The number of aryl methyl sites for hydroxylation is 1. The van der Waals surface area contributed by atoms with E-state index in [-0.39, 0.29) is 0 Å². The maximum Gasteiger partial charge on any atom is 0.131 e. The SMILES string of the molecule is Cc1ccc(C(O)NC2CC2)cc1-c1cnn(-c2cccnc2)c1. The number of pyridine rings is 1. The molecule has 0 amide bonds. The molecule has 4 rings (SSSR count). The molecule has 5 heteroatoms. The van der Waals surface area contributed by atoms with Crippen molar-refractivity contribution in [1.82, 2.24) is 20.1 Å². The van der Waals surface area contributed by atoms with E-state index in [0.717, 1.165) is 40.8 Å². The molecule has 1 atom stereocenters. The van der Waals surface area contributed by atoms with E-state index in [2.05, 4.69) is 22.3 Å². The Balaban J connectivity index is 1.64. The van der Waals surface area contributed by atoms with Gasteiger partial charge in [-0.3, -0.25) is 10.3 Å². The number of benzene rings is 1. The first-order valence-electron chi connectivity index (χ1n) is 8.21. The van der Waals surface area contributed by atoms with Crippen LogP contribution in [0.5, 0.6) is 0 Å². The molecule has 1 saturated carbocycles. The number of aliphatic hydroxyl groups excluding tert-OH is 1. The fourth-order valence-corrected chi connectivity index (χ4v) is 2.78. The molecule has 3 aromatic rings. The van der Waals surface area contributed by atoms with Gasteiger partial charge in [-0.25, -0.2) is 4.68 Å². The molecule has 1 fully saturated rings. The van der Waals surface area contributed by atoms with Crippen LogP contribution in [0.2, 0.25) is 0 Å². The number of aliphatic hydroxyl groups is 1. The van der Waals surface area contributed by atoms with Crippen molar-refractivity contribution in [3.8, 4) is 16.8 Å². The van der Waals surface area contributed by atoms with Crippen LogP contribution in [0.3, 0.4) is 0 Å². The van der Waals surface area contributed by atoms with E-state index < -0.39 is 6.23 Å². The first-order valence-corrected chi connectivity index (χ1v) is 8.21. The molecule has 122 valence electrons. The van der Waals surface area contributed by atoms with E-state index in [1.807, 2.05) is 47.4 Å². The summed E-state index contributed by atoms with van der Waals surface area (Å²) in [5, 5.41) is 18.0. The van der Waals surface area contributed by atoms with Crippen LogP contribution >= 0.6 is 0 Å². The molecule has 0 aliphatic heterocycles. The summed E-state index contributed by atoms with van der Waals surface area (Å²) in [6.07, 6.45) is 9.04. The number of rotatable bonds is 5. The monoisotopic (exact) mass is 320 g/mol. The van der Waals surface area contributed by atoms with Gasteiger partial charge in [-0.1, -0.05) is 12.1 Å². The molecule has 0 spiro atoms. The van der Waals surface area contributed by atoms with Gasteiger partial charge in [-0.15, -0.1) is 0 Å². The van der Waals surface area contributed by atoms with Gasteiger partial charge in [0.05, 0.1) is 18.1 Å². The summed E-state index contributed by atoms with van der Waals surface area (Å²) in [6.45, 7) is 2.07. The second-order valence-corrected chi connectivity index (χ2v) is 6.30. The highest BCUT2D eigenvalue weighted by Gasteiger charge is 2.24. The Labute approximate surface area is 141 Å². The maximum atomic E-state index is 10.3. The Morgan fingerprint density at radius 2 is 2.12 bits per heavy atom. The topological polar surface area (TPSA) is 63.0 Å². The molecule has 5 nitrogen and oxygen atoms in total. The number of aromatic nitrogens is 3. The van der Waals surface area contributed by atoms with Crippen LogP contribution in [0.1, 0.15) is 30.2 Å². The molecule has 0 bridgehead atoms. The minimum Gasteiger partial charge on any atom is -0.374 e. The number of hydrogen-bond acceptors (Lipinski definition) is 4. The lowest BCUT2D eigenvalue weighted by atomic mass is 10.00. The summed E-state index contributed by atoms with van der Waals surface area (Å²) in [7, 11) is 0. The number of nitrogens with one attached hydrogen (secondary N) is 1. The van der Waals surface area contributed by atoms with Gasteiger partial charge in [0, 0.05) is 24.0 Å². The van der Waals surface area contributed by atoms with Gasteiger partial charge in [0.25, 0.3) is 0 Å². The zero-order valence-electron chi connectivity index (χ0n) is 13.6. The molecule has 1 aliphatic rings. The van der Waals surface area contributed by atoms with E-state index in [1.165, 1.54) is 0 Å². The van der Waals surface area contributed by atoms with Crippen molar-refractivity contribution in [2.75, 3.05) is 0 Å². The second-order valence-electron chi connectivity index (χ2n) is 6.30. The highest BCUT2D eigenvalue weighted by atomic mass is 16.3.